The third-order valence-corrected chi connectivity index (χ3v) is 5.42. The molecule has 5 rings (SSSR count). The largest absolute Gasteiger partial charge is 0.480 e. The van der Waals surface area contributed by atoms with Crippen molar-refractivity contribution in [3.8, 4) is 23.1 Å². The molecule has 0 radical (unpaired) electrons. The van der Waals surface area contributed by atoms with Gasteiger partial charge in [-0.05, 0) is 24.5 Å². The Morgan fingerprint density at radius 3 is 2.61 bits per heavy atom. The Morgan fingerprint density at radius 2 is 1.87 bits per heavy atom. The second-order valence-electron chi connectivity index (χ2n) is 7.05. The zero-order valence-electron chi connectivity index (χ0n) is 16.4. The molecule has 0 N–H and O–H groups in total. The van der Waals surface area contributed by atoms with Crippen LogP contribution >= 0.6 is 11.6 Å². The molecule has 0 spiro atoms. The van der Waals surface area contributed by atoms with Crippen LogP contribution in [-0.2, 0) is 0 Å². The van der Waals surface area contributed by atoms with Crippen molar-refractivity contribution < 1.29 is 18.3 Å². The van der Waals surface area contributed by atoms with Gasteiger partial charge in [0.15, 0.2) is 5.65 Å². The average Bonchev–Trinajstić information content (AvgIpc) is 3.48. The lowest BCUT2D eigenvalue weighted by Gasteiger charge is -2.11. The van der Waals surface area contributed by atoms with Gasteiger partial charge >= 0.3 is 6.01 Å². The molecule has 158 valence electrons. The van der Waals surface area contributed by atoms with Crippen molar-refractivity contribution in [2.75, 3.05) is 14.2 Å². The first-order valence-electron chi connectivity index (χ1n) is 9.30. The molecule has 1 unspecified atom stereocenters. The smallest absolute Gasteiger partial charge is 0.319 e. The lowest BCUT2D eigenvalue weighted by molar-refractivity contribution is 0.353. The standard InChI is InChI=1S/C20H15ClF2N6O2/c1-30-19-13(7-26-20(27-19)31-2)15-5-12(18-25-8-16(23)29(18)28-15)10-4-11(10)17-14(22)3-9(21)6-24-17/h3,5-8,10-11H,4H2,1-2H3/t10?,11-/m0/s1. The van der Waals surface area contributed by atoms with Gasteiger partial charge in [0.05, 0.1) is 42.4 Å². The van der Waals surface area contributed by atoms with Crippen LogP contribution in [0.3, 0.4) is 0 Å². The van der Waals surface area contributed by atoms with Gasteiger partial charge in [0.25, 0.3) is 0 Å². The van der Waals surface area contributed by atoms with E-state index in [0.717, 1.165) is 10.7 Å². The minimum Gasteiger partial charge on any atom is -0.480 e. The monoisotopic (exact) mass is 444 g/mol. The van der Waals surface area contributed by atoms with Gasteiger partial charge in [-0.25, -0.2) is 14.4 Å². The Morgan fingerprint density at radius 1 is 1.03 bits per heavy atom. The van der Waals surface area contributed by atoms with E-state index >= 15 is 0 Å². The van der Waals surface area contributed by atoms with Crippen LogP contribution in [0, 0.1) is 11.8 Å². The third-order valence-electron chi connectivity index (χ3n) is 5.22. The lowest BCUT2D eigenvalue weighted by Crippen LogP contribution is -2.04. The van der Waals surface area contributed by atoms with Gasteiger partial charge in [0.1, 0.15) is 5.82 Å². The number of imidazole rings is 1. The molecule has 4 aromatic rings. The van der Waals surface area contributed by atoms with E-state index in [1.165, 1.54) is 32.7 Å². The van der Waals surface area contributed by atoms with Crippen LogP contribution < -0.4 is 9.47 Å². The predicted octanol–water partition coefficient (Wildman–Crippen LogP) is 3.80. The summed E-state index contributed by atoms with van der Waals surface area (Å²) in [6, 6.07) is 3.14. The predicted molar refractivity (Wildman–Crippen MR) is 106 cm³/mol. The highest BCUT2D eigenvalue weighted by Crippen LogP contribution is 2.55. The molecule has 2 atom stereocenters. The Kier molecular flexibility index (Phi) is 4.66. The number of pyridine rings is 1. The number of aromatic nitrogens is 6. The molecule has 0 bridgehead atoms. The maximum Gasteiger partial charge on any atom is 0.319 e. The molecule has 1 aliphatic rings. The van der Waals surface area contributed by atoms with E-state index in [-0.39, 0.29) is 28.7 Å². The molecule has 4 heterocycles. The van der Waals surface area contributed by atoms with E-state index in [0.29, 0.717) is 34.6 Å². The number of halogens is 3. The summed E-state index contributed by atoms with van der Waals surface area (Å²) in [4.78, 5) is 16.6. The van der Waals surface area contributed by atoms with Crippen molar-refractivity contribution in [2.45, 2.75) is 18.3 Å². The molecule has 1 aliphatic carbocycles. The number of hydrogen-bond donors (Lipinski definition) is 0. The van der Waals surface area contributed by atoms with Crippen molar-refractivity contribution >= 4 is 17.2 Å². The molecule has 31 heavy (non-hydrogen) atoms. The number of hydrogen-bond acceptors (Lipinski definition) is 7. The maximum atomic E-state index is 14.4. The first-order chi connectivity index (χ1) is 15.0. The van der Waals surface area contributed by atoms with Crippen LogP contribution in [0.2, 0.25) is 5.02 Å². The van der Waals surface area contributed by atoms with Crippen LogP contribution in [0.5, 0.6) is 11.9 Å². The SMILES string of the molecule is COc1ncc(-c2cc(C3C[C@@H]3c3ncc(Cl)cc3F)c3ncc(F)n3n2)c(OC)n1. The molecule has 8 nitrogen and oxygen atoms in total. The van der Waals surface area contributed by atoms with E-state index in [4.69, 9.17) is 21.1 Å². The number of fused-ring (bicyclic) bond motifs is 1. The molecule has 1 fully saturated rings. The molecule has 11 heteroatoms. The molecular formula is C20H15ClF2N6O2. The van der Waals surface area contributed by atoms with Crippen LogP contribution in [0.15, 0.2) is 30.7 Å². The minimum absolute atomic E-state index is 0.112. The third kappa shape index (κ3) is 3.32. The molecule has 0 amide bonds. The highest BCUT2D eigenvalue weighted by molar-refractivity contribution is 6.30. The van der Waals surface area contributed by atoms with Crippen molar-refractivity contribution in [1.29, 1.82) is 0 Å². The van der Waals surface area contributed by atoms with Crippen LogP contribution in [0.1, 0.15) is 29.5 Å². The maximum absolute atomic E-state index is 14.4. The fourth-order valence-corrected chi connectivity index (χ4v) is 3.83. The highest BCUT2D eigenvalue weighted by atomic mass is 35.5. The number of ether oxygens (including phenoxy) is 2. The van der Waals surface area contributed by atoms with Crippen molar-refractivity contribution in [3.63, 3.8) is 0 Å². The second kappa shape index (κ2) is 7.38. The number of methoxy groups -OCH3 is 2. The zero-order valence-corrected chi connectivity index (χ0v) is 17.1. The summed E-state index contributed by atoms with van der Waals surface area (Å²) in [5.74, 6) is -1.16. The second-order valence-corrected chi connectivity index (χ2v) is 7.49. The van der Waals surface area contributed by atoms with Crippen LogP contribution in [0.25, 0.3) is 16.9 Å². The molecule has 1 saturated carbocycles. The fraction of sp³-hybridized carbons (Fsp3) is 0.250. The van der Waals surface area contributed by atoms with Gasteiger partial charge in [0.2, 0.25) is 11.8 Å². The van der Waals surface area contributed by atoms with E-state index in [2.05, 4.69) is 25.0 Å². The quantitative estimate of drug-likeness (QED) is 0.462. The highest BCUT2D eigenvalue weighted by Gasteiger charge is 2.44. The Balaban J connectivity index is 1.62. The molecule has 0 aromatic carbocycles. The van der Waals surface area contributed by atoms with E-state index in [9.17, 15) is 8.78 Å². The first kappa shape index (κ1) is 19.6. The zero-order chi connectivity index (χ0) is 21.7. The Labute approximate surface area is 179 Å². The average molecular weight is 445 g/mol. The fourth-order valence-electron chi connectivity index (χ4n) is 3.69. The van der Waals surface area contributed by atoms with Gasteiger partial charge in [0, 0.05) is 23.9 Å². The summed E-state index contributed by atoms with van der Waals surface area (Å²) in [5, 5.41) is 4.57. The minimum atomic E-state index is -0.625. The normalized spacial score (nSPS) is 17.7. The van der Waals surface area contributed by atoms with E-state index in [1.807, 2.05) is 0 Å². The van der Waals surface area contributed by atoms with Crippen LogP contribution in [-0.4, -0.2) is 43.8 Å². The molecule has 0 saturated heterocycles. The van der Waals surface area contributed by atoms with Gasteiger partial charge in [-0.2, -0.15) is 19.0 Å². The summed E-state index contributed by atoms with van der Waals surface area (Å²) >= 11 is 5.82. The van der Waals surface area contributed by atoms with Gasteiger partial charge in [-0.15, -0.1) is 0 Å². The molecule has 4 aromatic heterocycles. The Hall–Kier alpha value is -3.40. The van der Waals surface area contributed by atoms with E-state index in [1.54, 1.807) is 6.07 Å². The van der Waals surface area contributed by atoms with Crippen molar-refractivity contribution in [3.05, 3.63) is 58.8 Å². The van der Waals surface area contributed by atoms with Gasteiger partial charge in [-0.3, -0.25) is 4.98 Å². The summed E-state index contributed by atoms with van der Waals surface area (Å²) in [6.07, 6.45) is 4.63. The lowest BCUT2D eigenvalue weighted by atomic mass is 10.1. The van der Waals surface area contributed by atoms with E-state index < -0.39 is 11.8 Å². The molecular weight excluding hydrogens is 430 g/mol. The van der Waals surface area contributed by atoms with Crippen LogP contribution in [0.4, 0.5) is 8.78 Å². The first-order valence-corrected chi connectivity index (χ1v) is 9.68. The van der Waals surface area contributed by atoms with Crippen molar-refractivity contribution in [1.82, 2.24) is 29.5 Å². The summed E-state index contributed by atoms with van der Waals surface area (Å²) in [6.45, 7) is 0. The van der Waals surface area contributed by atoms with Gasteiger partial charge in [-0.1, -0.05) is 11.6 Å². The molecule has 0 aliphatic heterocycles. The summed E-state index contributed by atoms with van der Waals surface area (Å²) in [5.41, 5.74) is 2.23. The number of rotatable bonds is 5. The Bertz CT molecular complexity index is 1310. The summed E-state index contributed by atoms with van der Waals surface area (Å²) < 4.78 is 40.3. The van der Waals surface area contributed by atoms with Crippen molar-refractivity contribution in [2.24, 2.45) is 0 Å². The van der Waals surface area contributed by atoms with Gasteiger partial charge < -0.3 is 9.47 Å². The topological polar surface area (TPSA) is 87.3 Å². The number of nitrogens with zero attached hydrogens (tertiary/aromatic N) is 6. The summed E-state index contributed by atoms with van der Waals surface area (Å²) in [7, 11) is 2.89.